The Morgan fingerprint density at radius 3 is 2.60 bits per heavy atom. The van der Waals surface area contributed by atoms with E-state index in [1.807, 2.05) is 0 Å². The first-order valence-corrected chi connectivity index (χ1v) is 15.4. The predicted octanol–water partition coefficient (Wildman–Crippen LogP) is 4.96. The summed E-state index contributed by atoms with van der Waals surface area (Å²) in [6, 6.07) is 4.42. The zero-order valence-corrected chi connectivity index (χ0v) is 23.6. The molecular weight excluding hydrogens is 609 g/mol. The minimum atomic E-state index is -3.91. The Labute approximate surface area is 240 Å². The highest BCUT2D eigenvalue weighted by Gasteiger charge is 2.33. The standard InChI is InChI=1S/C25H24F5N5O5S2/c1-42(37,38)40-19-4-2-3-14(26)22(19)20-10-15(33-39-20)17-12-41-25(31-17)13-5-7-34(8-6-13)21(36)11-35-18(24(29)30)9-16(32-35)23(27)28/h2-4,9,12-13,20,23-24H,5-8,10-11H2,1H3. The third-order valence-corrected chi connectivity index (χ3v) is 8.31. The van der Waals surface area contributed by atoms with E-state index in [9.17, 15) is 35.2 Å². The van der Waals surface area contributed by atoms with Gasteiger partial charge < -0.3 is 13.9 Å². The van der Waals surface area contributed by atoms with Crippen LogP contribution < -0.4 is 4.18 Å². The number of carbonyl (C=O) groups is 1. The maximum absolute atomic E-state index is 14.6. The maximum atomic E-state index is 14.6. The summed E-state index contributed by atoms with van der Waals surface area (Å²) < 4.78 is 95.8. The second kappa shape index (κ2) is 11.9. The summed E-state index contributed by atoms with van der Waals surface area (Å²) in [4.78, 5) is 24.3. The SMILES string of the molecule is CS(=O)(=O)Oc1cccc(F)c1C1CC(c2csc(C3CCN(C(=O)Cn4nc(C(F)F)cc4C(F)F)CC3)n2)=NO1. The van der Waals surface area contributed by atoms with Crippen LogP contribution in [0.3, 0.4) is 0 Å². The number of likely N-dealkylation sites (tertiary alicyclic amines) is 1. The molecule has 42 heavy (non-hydrogen) atoms. The summed E-state index contributed by atoms with van der Waals surface area (Å²) in [5, 5.41) is 10.1. The van der Waals surface area contributed by atoms with Gasteiger partial charge >= 0.3 is 10.1 Å². The number of nitrogens with zero attached hydrogens (tertiary/aromatic N) is 5. The normalized spacial score (nSPS) is 18.0. The molecule has 1 aromatic carbocycles. The van der Waals surface area contributed by atoms with Crippen molar-refractivity contribution in [3.63, 3.8) is 0 Å². The number of halogens is 5. The quantitative estimate of drug-likeness (QED) is 0.242. The monoisotopic (exact) mass is 633 g/mol. The topological polar surface area (TPSA) is 116 Å². The van der Waals surface area contributed by atoms with Crippen molar-refractivity contribution in [2.75, 3.05) is 19.3 Å². The van der Waals surface area contributed by atoms with E-state index in [2.05, 4.69) is 15.2 Å². The van der Waals surface area contributed by atoms with Crippen LogP contribution in [0.1, 0.15) is 71.8 Å². The van der Waals surface area contributed by atoms with Gasteiger partial charge in [0, 0.05) is 30.8 Å². The van der Waals surface area contributed by atoms with Crippen LogP contribution in [0.5, 0.6) is 5.75 Å². The minimum absolute atomic E-state index is 0.000357. The molecule has 2 aromatic heterocycles. The Kier molecular flexibility index (Phi) is 8.50. The van der Waals surface area contributed by atoms with Crippen molar-refractivity contribution in [1.29, 1.82) is 0 Å². The Morgan fingerprint density at radius 1 is 1.19 bits per heavy atom. The number of benzene rings is 1. The van der Waals surface area contributed by atoms with Crippen molar-refractivity contribution < 1.29 is 44.2 Å². The lowest BCUT2D eigenvalue weighted by molar-refractivity contribution is -0.133. The fourth-order valence-corrected chi connectivity index (χ4v) is 6.29. The van der Waals surface area contributed by atoms with E-state index in [4.69, 9.17) is 9.02 Å². The van der Waals surface area contributed by atoms with E-state index in [1.54, 1.807) is 5.38 Å². The van der Waals surface area contributed by atoms with Crippen molar-refractivity contribution in [3.05, 3.63) is 63.1 Å². The summed E-state index contributed by atoms with van der Waals surface area (Å²) in [6.07, 6.45) is -4.96. The highest BCUT2D eigenvalue weighted by atomic mass is 32.2. The Morgan fingerprint density at radius 2 is 1.93 bits per heavy atom. The number of hydrogen-bond donors (Lipinski definition) is 0. The van der Waals surface area contributed by atoms with E-state index in [0.717, 1.165) is 17.3 Å². The molecule has 5 rings (SSSR count). The van der Waals surface area contributed by atoms with Crippen molar-refractivity contribution >= 4 is 33.1 Å². The number of hydrogen-bond acceptors (Lipinski definition) is 9. The van der Waals surface area contributed by atoms with Crippen LogP contribution in [0, 0.1) is 5.82 Å². The van der Waals surface area contributed by atoms with Gasteiger partial charge in [-0.2, -0.15) is 13.5 Å². The molecule has 0 N–H and O–H groups in total. The molecule has 0 radical (unpaired) electrons. The molecule has 2 aliphatic heterocycles. The van der Waals surface area contributed by atoms with E-state index in [0.29, 0.717) is 48.1 Å². The largest absolute Gasteiger partial charge is 0.387 e. The predicted molar refractivity (Wildman–Crippen MR) is 140 cm³/mol. The highest BCUT2D eigenvalue weighted by molar-refractivity contribution is 7.86. The number of alkyl halides is 4. The van der Waals surface area contributed by atoms with E-state index >= 15 is 0 Å². The van der Waals surface area contributed by atoms with Crippen molar-refractivity contribution in [2.45, 2.75) is 50.7 Å². The first kappa shape index (κ1) is 29.9. The summed E-state index contributed by atoms with van der Waals surface area (Å²) in [5.74, 6) is -1.40. The van der Waals surface area contributed by atoms with Gasteiger partial charge in [-0.1, -0.05) is 11.2 Å². The van der Waals surface area contributed by atoms with Crippen LogP contribution >= 0.6 is 11.3 Å². The summed E-state index contributed by atoms with van der Waals surface area (Å²) in [5.41, 5.74) is -0.655. The molecule has 10 nitrogen and oxygen atoms in total. The smallest absolute Gasteiger partial charge is 0.306 e. The van der Waals surface area contributed by atoms with Crippen molar-refractivity contribution in [3.8, 4) is 5.75 Å². The number of oxime groups is 1. The van der Waals surface area contributed by atoms with Gasteiger partial charge in [0.05, 0.1) is 22.5 Å². The third kappa shape index (κ3) is 6.56. The molecule has 1 unspecified atom stereocenters. The fraction of sp³-hybridized carbons (Fsp3) is 0.440. The van der Waals surface area contributed by atoms with Gasteiger partial charge in [-0.15, -0.1) is 11.3 Å². The minimum Gasteiger partial charge on any atom is -0.387 e. The number of piperidine rings is 1. The van der Waals surface area contributed by atoms with E-state index < -0.39 is 58.7 Å². The molecule has 17 heteroatoms. The second-order valence-corrected chi connectivity index (χ2v) is 12.2. The van der Waals surface area contributed by atoms with Gasteiger partial charge in [0.25, 0.3) is 12.9 Å². The maximum Gasteiger partial charge on any atom is 0.306 e. The lowest BCUT2D eigenvalue weighted by Crippen LogP contribution is -2.40. The van der Waals surface area contributed by atoms with E-state index in [-0.39, 0.29) is 23.7 Å². The van der Waals surface area contributed by atoms with Gasteiger partial charge in [0.1, 0.15) is 29.5 Å². The lowest BCUT2D eigenvalue weighted by Gasteiger charge is -2.31. The number of aromatic nitrogens is 3. The Bertz CT molecular complexity index is 1600. The Hall–Kier alpha value is -3.60. The van der Waals surface area contributed by atoms with Crippen LogP contribution in [0.4, 0.5) is 22.0 Å². The molecule has 0 bridgehead atoms. The van der Waals surface area contributed by atoms with Crippen LogP contribution in [0.15, 0.2) is 34.8 Å². The van der Waals surface area contributed by atoms with Crippen molar-refractivity contribution in [2.24, 2.45) is 5.16 Å². The zero-order chi connectivity index (χ0) is 30.2. The molecule has 226 valence electrons. The second-order valence-electron chi connectivity index (χ2n) is 9.75. The summed E-state index contributed by atoms with van der Waals surface area (Å²) >= 11 is 1.38. The molecule has 1 amide bonds. The molecular formula is C25H24F5N5O5S2. The number of amides is 1. The van der Waals surface area contributed by atoms with E-state index in [1.165, 1.54) is 28.4 Å². The van der Waals surface area contributed by atoms with Gasteiger partial charge in [0.15, 0.2) is 11.9 Å². The zero-order valence-electron chi connectivity index (χ0n) is 21.9. The van der Waals surface area contributed by atoms with Crippen LogP contribution in [-0.4, -0.2) is 59.0 Å². The average Bonchev–Trinajstić information content (AvgIpc) is 3.68. The molecule has 3 aromatic rings. The van der Waals surface area contributed by atoms with Crippen LogP contribution in [0.2, 0.25) is 0 Å². The summed E-state index contributed by atoms with van der Waals surface area (Å²) in [7, 11) is -3.91. The molecule has 1 atom stereocenters. The van der Waals surface area contributed by atoms with Gasteiger partial charge in [-0.25, -0.2) is 26.9 Å². The molecule has 1 saturated heterocycles. The molecule has 0 aliphatic carbocycles. The number of rotatable bonds is 9. The first-order chi connectivity index (χ1) is 19.9. The van der Waals surface area contributed by atoms with Gasteiger partial charge in [0.2, 0.25) is 5.91 Å². The van der Waals surface area contributed by atoms with Gasteiger partial charge in [-0.05, 0) is 31.0 Å². The molecule has 0 spiro atoms. The first-order valence-electron chi connectivity index (χ1n) is 12.7. The molecule has 1 fully saturated rings. The third-order valence-electron chi connectivity index (χ3n) is 6.82. The fourth-order valence-electron chi connectivity index (χ4n) is 4.82. The lowest BCUT2D eigenvalue weighted by atomic mass is 9.97. The highest BCUT2D eigenvalue weighted by Crippen LogP contribution is 2.38. The number of carbonyl (C=O) groups excluding carboxylic acids is 1. The van der Waals surface area contributed by atoms with Gasteiger partial charge in [-0.3, -0.25) is 9.48 Å². The summed E-state index contributed by atoms with van der Waals surface area (Å²) in [6.45, 7) is 0.0558. The molecule has 4 heterocycles. The van der Waals surface area contributed by atoms with Crippen molar-refractivity contribution in [1.82, 2.24) is 19.7 Å². The van der Waals surface area contributed by atoms with Crippen LogP contribution in [-0.2, 0) is 26.3 Å². The van der Waals surface area contributed by atoms with Crippen LogP contribution in [0.25, 0.3) is 0 Å². The Balaban J connectivity index is 1.19. The average molecular weight is 634 g/mol. The number of thiazole rings is 1. The molecule has 0 saturated carbocycles. The molecule has 2 aliphatic rings.